The average molecular weight is 737 g/mol. The molecule has 1 aliphatic carbocycles. The summed E-state index contributed by atoms with van der Waals surface area (Å²) < 4.78 is 6.53. The Bertz CT molecular complexity index is 2920. The highest BCUT2D eigenvalue weighted by Gasteiger charge is 2.38. The molecule has 0 radical (unpaired) electrons. The van der Waals surface area contributed by atoms with Crippen molar-refractivity contribution in [2.45, 2.75) is 38.5 Å². The number of anilines is 4. The van der Waals surface area contributed by atoms with Crippen LogP contribution in [0.2, 0.25) is 0 Å². The Morgan fingerprint density at radius 3 is 1.91 bits per heavy atom. The van der Waals surface area contributed by atoms with E-state index in [2.05, 4.69) is 214 Å². The molecule has 1 aliphatic heterocycles. The van der Waals surface area contributed by atoms with Gasteiger partial charge >= 0.3 is 0 Å². The lowest BCUT2D eigenvalue weighted by atomic mass is 9.71. The van der Waals surface area contributed by atoms with Crippen molar-refractivity contribution in [1.82, 2.24) is 0 Å². The lowest BCUT2D eigenvalue weighted by Gasteiger charge is -2.42. The van der Waals surface area contributed by atoms with Gasteiger partial charge in [0.25, 0.3) is 0 Å². The van der Waals surface area contributed by atoms with Crippen molar-refractivity contribution >= 4 is 50.8 Å². The zero-order valence-corrected chi connectivity index (χ0v) is 32.8. The minimum Gasteiger partial charge on any atom is -0.455 e. The second-order valence-corrected chi connectivity index (χ2v) is 16.3. The molecule has 1 aromatic heterocycles. The van der Waals surface area contributed by atoms with E-state index in [0.717, 1.165) is 44.4 Å². The molecule has 0 bridgehead atoms. The Hall–Kier alpha value is -6.84. The Morgan fingerprint density at radius 2 is 1.14 bits per heavy atom. The van der Waals surface area contributed by atoms with Crippen LogP contribution < -0.4 is 10.2 Å². The molecule has 0 saturated carbocycles. The molecule has 10 rings (SSSR count). The number of nitrogens with one attached hydrogen (secondary N) is 1. The van der Waals surface area contributed by atoms with Gasteiger partial charge in [0, 0.05) is 44.7 Å². The topological polar surface area (TPSA) is 28.4 Å². The summed E-state index contributed by atoms with van der Waals surface area (Å²) in [7, 11) is 0. The van der Waals surface area contributed by atoms with E-state index in [-0.39, 0.29) is 10.8 Å². The molecule has 57 heavy (non-hydrogen) atoms. The Balaban J connectivity index is 1.10. The third-order valence-electron chi connectivity index (χ3n) is 12.2. The first-order chi connectivity index (χ1) is 27.8. The number of furan rings is 1. The molecule has 3 heteroatoms. The minimum atomic E-state index is -0.306. The highest BCUT2D eigenvalue weighted by Crippen LogP contribution is 2.54. The number of para-hydroxylation sites is 4. The van der Waals surface area contributed by atoms with Gasteiger partial charge in [-0.3, -0.25) is 0 Å². The van der Waals surface area contributed by atoms with E-state index in [0.29, 0.717) is 0 Å². The highest BCUT2D eigenvalue weighted by atomic mass is 16.3. The molecule has 8 aromatic rings. The van der Waals surface area contributed by atoms with Gasteiger partial charge in [-0.1, -0.05) is 149 Å². The van der Waals surface area contributed by atoms with Crippen molar-refractivity contribution in [2.24, 2.45) is 0 Å². The van der Waals surface area contributed by atoms with Crippen LogP contribution in [-0.2, 0) is 10.8 Å². The fourth-order valence-corrected chi connectivity index (χ4v) is 8.94. The van der Waals surface area contributed by atoms with E-state index in [4.69, 9.17) is 4.42 Å². The third-order valence-corrected chi connectivity index (χ3v) is 12.2. The van der Waals surface area contributed by atoms with E-state index in [1.54, 1.807) is 0 Å². The summed E-state index contributed by atoms with van der Waals surface area (Å²) in [5.74, 6) is 0. The molecule has 2 aliphatic rings. The van der Waals surface area contributed by atoms with Crippen molar-refractivity contribution in [2.75, 3.05) is 10.2 Å². The molecule has 3 nitrogen and oxygen atoms in total. The van der Waals surface area contributed by atoms with Crippen LogP contribution in [0.3, 0.4) is 0 Å². The number of rotatable bonds is 5. The molecular weight excluding hydrogens is 693 g/mol. The van der Waals surface area contributed by atoms with Crippen molar-refractivity contribution < 1.29 is 4.42 Å². The Morgan fingerprint density at radius 1 is 0.526 bits per heavy atom. The number of benzene rings is 7. The zero-order valence-electron chi connectivity index (χ0n) is 32.8. The van der Waals surface area contributed by atoms with Gasteiger partial charge in [-0.25, -0.2) is 0 Å². The van der Waals surface area contributed by atoms with Crippen molar-refractivity contribution in [3.05, 3.63) is 210 Å². The number of allylic oxidation sites excluding steroid dienone is 4. The van der Waals surface area contributed by atoms with Crippen molar-refractivity contribution in [3.8, 4) is 22.3 Å². The van der Waals surface area contributed by atoms with E-state index >= 15 is 0 Å². The van der Waals surface area contributed by atoms with Crippen LogP contribution in [0.25, 0.3) is 50.3 Å². The third kappa shape index (κ3) is 5.81. The number of nitrogens with zero attached hydrogens (tertiary/aromatic N) is 1. The summed E-state index contributed by atoms with van der Waals surface area (Å²) >= 11 is 0. The molecule has 2 heterocycles. The number of fused-ring (bicyclic) bond motifs is 6. The van der Waals surface area contributed by atoms with E-state index in [9.17, 15) is 0 Å². The van der Waals surface area contributed by atoms with Gasteiger partial charge in [-0.2, -0.15) is 0 Å². The van der Waals surface area contributed by atoms with Crippen LogP contribution in [0.1, 0.15) is 49.9 Å². The Kier molecular flexibility index (Phi) is 8.16. The first-order valence-electron chi connectivity index (χ1n) is 19.8. The second kappa shape index (κ2) is 13.4. The first kappa shape index (κ1) is 34.6. The second-order valence-electron chi connectivity index (χ2n) is 16.3. The van der Waals surface area contributed by atoms with Crippen LogP contribution >= 0.6 is 0 Å². The van der Waals surface area contributed by atoms with Crippen LogP contribution in [0.4, 0.5) is 22.7 Å². The summed E-state index contributed by atoms with van der Waals surface area (Å²) in [5.41, 5.74) is 16.8. The summed E-state index contributed by atoms with van der Waals surface area (Å²) in [5, 5.41) is 5.83. The maximum atomic E-state index is 6.53. The number of hydrogen-bond donors (Lipinski definition) is 1. The van der Waals surface area contributed by atoms with E-state index in [1.807, 2.05) is 12.1 Å². The van der Waals surface area contributed by atoms with Gasteiger partial charge in [0.05, 0.1) is 11.4 Å². The predicted molar refractivity (Wildman–Crippen MR) is 241 cm³/mol. The fourth-order valence-electron chi connectivity index (χ4n) is 8.94. The van der Waals surface area contributed by atoms with Gasteiger partial charge in [0.15, 0.2) is 0 Å². The SMILES string of the molecule is CC1(C)C(=C\Nc2ccccc2)/C=C\C=C/c2ccc(-c3ccc4c(c3)C(C)(C)c3cc(-c5cccc6c5oc5ccccc56)ccc3N4c3ccccc3)cc21. The molecule has 0 spiro atoms. The first-order valence-corrected chi connectivity index (χ1v) is 19.8. The maximum Gasteiger partial charge on any atom is 0.143 e. The van der Waals surface area contributed by atoms with Crippen molar-refractivity contribution in [3.63, 3.8) is 0 Å². The van der Waals surface area contributed by atoms with E-state index < -0.39 is 0 Å². The van der Waals surface area contributed by atoms with Crippen LogP contribution in [0.15, 0.2) is 192 Å². The highest BCUT2D eigenvalue weighted by molar-refractivity contribution is 6.09. The standard InChI is InChI=1S/C54H44N2O/c1-53(2)40(35-55-41-18-7-5-8-19-41)17-12-11-16-36-26-27-37(32-46(36)53)38-28-30-49-47(33-38)54(3,4)48-34-39(29-31-50(48)56(49)42-20-9-6-10-21-42)43-23-15-24-45-44-22-13-14-25-51(44)57-52(43)45/h5-35,55H,1-4H3/b16-11-,17-12-,40-35-. The summed E-state index contributed by atoms with van der Waals surface area (Å²) in [6.07, 6.45) is 10.9. The lowest BCUT2D eigenvalue weighted by molar-refractivity contribution is 0.632. The minimum absolute atomic E-state index is 0.260. The lowest BCUT2D eigenvalue weighted by Crippen LogP contribution is -2.30. The average Bonchev–Trinajstić information content (AvgIpc) is 3.63. The summed E-state index contributed by atoms with van der Waals surface area (Å²) in [6.45, 7) is 9.40. The monoisotopic (exact) mass is 736 g/mol. The molecule has 0 fully saturated rings. The molecular formula is C54H44N2O. The molecule has 0 saturated heterocycles. The number of hydrogen-bond acceptors (Lipinski definition) is 3. The summed E-state index contributed by atoms with van der Waals surface area (Å²) in [6, 6.07) is 56.9. The van der Waals surface area contributed by atoms with Crippen LogP contribution in [-0.4, -0.2) is 0 Å². The zero-order chi connectivity index (χ0) is 38.7. The van der Waals surface area contributed by atoms with Crippen molar-refractivity contribution in [1.29, 1.82) is 0 Å². The van der Waals surface area contributed by atoms with Gasteiger partial charge in [-0.05, 0) is 105 Å². The van der Waals surface area contributed by atoms with Gasteiger partial charge < -0.3 is 14.6 Å². The molecule has 7 aromatic carbocycles. The predicted octanol–water partition coefficient (Wildman–Crippen LogP) is 14.9. The molecule has 0 unspecified atom stereocenters. The molecule has 1 N–H and O–H groups in total. The summed E-state index contributed by atoms with van der Waals surface area (Å²) in [4.78, 5) is 2.43. The van der Waals surface area contributed by atoms with Gasteiger partial charge in [0.2, 0.25) is 0 Å². The maximum absolute atomic E-state index is 6.53. The van der Waals surface area contributed by atoms with Crippen LogP contribution in [0, 0.1) is 0 Å². The Labute approximate surface area is 334 Å². The normalized spacial score (nSPS) is 17.0. The van der Waals surface area contributed by atoms with E-state index in [1.165, 1.54) is 50.3 Å². The van der Waals surface area contributed by atoms with Gasteiger partial charge in [0.1, 0.15) is 11.2 Å². The largest absolute Gasteiger partial charge is 0.455 e. The van der Waals surface area contributed by atoms with Gasteiger partial charge in [-0.15, -0.1) is 0 Å². The smallest absolute Gasteiger partial charge is 0.143 e. The quantitative estimate of drug-likeness (QED) is 0.191. The van der Waals surface area contributed by atoms with Crippen LogP contribution in [0.5, 0.6) is 0 Å². The fraction of sp³-hybridized carbons (Fsp3) is 0.111. The molecule has 0 amide bonds. The molecule has 276 valence electrons. The molecule has 0 atom stereocenters.